The van der Waals surface area contributed by atoms with E-state index in [9.17, 15) is 0 Å². The number of para-hydroxylation sites is 2. The Morgan fingerprint density at radius 1 is 0.0878 bits per heavy atom. The zero-order valence-electron chi connectivity index (χ0n) is 81.3. The van der Waals surface area contributed by atoms with E-state index in [4.69, 9.17) is 8.83 Å². The van der Waals surface area contributed by atoms with Gasteiger partial charge in [0, 0.05) is 67.8 Å². The maximum Gasteiger partial charge on any atom is 0.137 e. The molecule has 0 aliphatic heterocycles. The summed E-state index contributed by atoms with van der Waals surface area (Å²) in [5.41, 5.74) is 48.0. The highest BCUT2D eigenvalue weighted by atomic mass is 16.3. The third-order valence-corrected chi connectivity index (χ3v) is 28.7. The van der Waals surface area contributed by atoms with Crippen molar-refractivity contribution < 1.29 is 8.83 Å². The van der Waals surface area contributed by atoms with E-state index in [1.807, 2.05) is 24.3 Å². The minimum atomic E-state index is 0.861. The molecule has 0 N–H and O–H groups in total. The summed E-state index contributed by atoms with van der Waals surface area (Å²) in [5, 5.41) is 4.45. The van der Waals surface area contributed by atoms with Gasteiger partial charge in [0.1, 0.15) is 22.3 Å². The normalized spacial score (nSPS) is 11.2. The van der Waals surface area contributed by atoms with Gasteiger partial charge in [0.25, 0.3) is 0 Å². The number of anilines is 6. The molecule has 0 aliphatic carbocycles. The number of hydrogen-bond donors (Lipinski definition) is 0. The van der Waals surface area contributed by atoms with Gasteiger partial charge in [-0.15, -0.1) is 0 Å². The maximum absolute atomic E-state index is 6.43. The van der Waals surface area contributed by atoms with Crippen molar-refractivity contribution >= 4 is 78.0 Å². The molecule has 696 valence electrons. The lowest BCUT2D eigenvalue weighted by atomic mass is 9.96. The largest absolute Gasteiger partial charge is 0.456 e. The molecule has 0 fully saturated rings. The third kappa shape index (κ3) is 18.9. The van der Waals surface area contributed by atoms with Gasteiger partial charge < -0.3 is 18.6 Å². The summed E-state index contributed by atoms with van der Waals surface area (Å²) in [7, 11) is 0. The molecule has 26 rings (SSSR count). The van der Waals surface area contributed by atoms with Crippen LogP contribution in [0.25, 0.3) is 222 Å². The van der Waals surface area contributed by atoms with E-state index in [-0.39, 0.29) is 0 Å². The molecule has 0 saturated heterocycles. The van der Waals surface area contributed by atoms with Crippen LogP contribution in [0.4, 0.5) is 34.1 Å². The smallest absolute Gasteiger partial charge is 0.137 e. The Kier molecular flexibility index (Phi) is 24.6. The molecule has 4 heteroatoms. The quantitative estimate of drug-likeness (QED) is 0.0677. The van der Waals surface area contributed by atoms with Crippen molar-refractivity contribution in [1.82, 2.24) is 0 Å². The van der Waals surface area contributed by atoms with E-state index in [0.717, 1.165) is 100 Å². The second-order valence-corrected chi connectivity index (χ2v) is 37.8. The van der Waals surface area contributed by atoms with Crippen LogP contribution < -0.4 is 9.80 Å². The van der Waals surface area contributed by atoms with Gasteiger partial charge in [-0.05, 0) is 287 Å². The first-order valence-corrected chi connectivity index (χ1v) is 50.6. The fraction of sp³-hybridized carbons (Fsp3) is 0. The van der Waals surface area contributed by atoms with Crippen molar-refractivity contribution in [2.45, 2.75) is 0 Å². The minimum Gasteiger partial charge on any atom is -0.456 e. The first-order chi connectivity index (χ1) is 73.3. The summed E-state index contributed by atoms with van der Waals surface area (Å²) in [6.45, 7) is 0. The van der Waals surface area contributed by atoms with Crippen molar-refractivity contribution in [3.05, 3.63) is 595 Å². The topological polar surface area (TPSA) is 32.8 Å². The van der Waals surface area contributed by atoms with Gasteiger partial charge in [-0.2, -0.15) is 0 Å². The Balaban J connectivity index is 0.000000154. The highest BCUT2D eigenvalue weighted by molar-refractivity contribution is 6.08. The Bertz CT molecular complexity index is 8960. The molecule has 24 aromatic carbocycles. The van der Waals surface area contributed by atoms with E-state index < -0.39 is 0 Å². The number of hydrogen-bond acceptors (Lipinski definition) is 4. The van der Waals surface area contributed by atoms with Crippen LogP contribution in [0.3, 0.4) is 0 Å². The van der Waals surface area contributed by atoms with Gasteiger partial charge in [-0.1, -0.05) is 473 Å². The standard InChI is InChI=1S/2C72H49NO/c1-3-11-50(12-4-1)52-21-29-58(30-22-52)62-15-9-17-64(47-62)60-33-25-54(26-34-60)56-37-41-66(42-38-56)73(68-45-46-70-69-19-7-8-20-71(69)74-72(70)49-68)67-43-39-57(40-44-67)55-27-35-61(36-28-55)65-18-10-16-63(48-65)59-31-23-53(24-32-59)51-13-5-2-6-14-51;1-3-11-50(12-4-1)52-21-23-54(24-22-52)55-27-33-59(34-28-55)64-17-10-18-65(48-64)61-39-43-67(44-40-61)73(68-45-46-70-69-19-7-8-20-71(69)74-72(70)49-68)66-41-37-57(38-42-66)56-29-35-60(36-30-56)63-16-9-15-62(47-63)58-31-25-53(26-32-58)51-13-5-2-6-14-51/h2*1-49H. The molecular weight excluding hydrogens is 1790 g/mol. The van der Waals surface area contributed by atoms with E-state index in [2.05, 4.69) is 580 Å². The Hall–Kier alpha value is -19.5. The number of benzene rings is 24. The zero-order chi connectivity index (χ0) is 98.4. The predicted octanol–water partition coefficient (Wildman–Crippen LogP) is 40.8. The molecule has 0 atom stereocenters. The molecule has 148 heavy (non-hydrogen) atoms. The molecule has 2 heterocycles. The van der Waals surface area contributed by atoms with Gasteiger partial charge in [-0.3, -0.25) is 0 Å². The van der Waals surface area contributed by atoms with Crippen LogP contribution in [0.5, 0.6) is 0 Å². The first kappa shape index (κ1) is 89.8. The van der Waals surface area contributed by atoms with Crippen molar-refractivity contribution in [2.75, 3.05) is 9.80 Å². The van der Waals surface area contributed by atoms with Crippen molar-refractivity contribution in [1.29, 1.82) is 0 Å². The van der Waals surface area contributed by atoms with Gasteiger partial charge >= 0.3 is 0 Å². The summed E-state index contributed by atoms with van der Waals surface area (Å²) in [6, 6.07) is 214. The molecule has 0 spiro atoms. The number of fused-ring (bicyclic) bond motifs is 6. The van der Waals surface area contributed by atoms with Crippen LogP contribution in [0, 0.1) is 0 Å². The van der Waals surface area contributed by atoms with Crippen LogP contribution in [0.2, 0.25) is 0 Å². The summed E-state index contributed by atoms with van der Waals surface area (Å²) >= 11 is 0. The second kappa shape index (κ2) is 40.5. The van der Waals surface area contributed by atoms with Crippen molar-refractivity contribution in [2.24, 2.45) is 0 Å². The second-order valence-electron chi connectivity index (χ2n) is 37.8. The zero-order valence-corrected chi connectivity index (χ0v) is 81.3. The summed E-state index contributed by atoms with van der Waals surface area (Å²) < 4.78 is 12.9. The Morgan fingerprint density at radius 3 is 0.412 bits per heavy atom. The van der Waals surface area contributed by atoms with Crippen LogP contribution in [0.15, 0.2) is 603 Å². The molecule has 0 radical (unpaired) electrons. The molecule has 4 nitrogen and oxygen atoms in total. The van der Waals surface area contributed by atoms with Crippen molar-refractivity contribution in [3.8, 4) is 178 Å². The molecule has 0 aliphatic rings. The van der Waals surface area contributed by atoms with Gasteiger partial charge in [-0.25, -0.2) is 0 Å². The Labute approximate surface area is 862 Å². The van der Waals surface area contributed by atoms with E-state index in [1.165, 1.54) is 156 Å². The van der Waals surface area contributed by atoms with Crippen LogP contribution >= 0.6 is 0 Å². The van der Waals surface area contributed by atoms with E-state index in [0.29, 0.717) is 0 Å². The van der Waals surface area contributed by atoms with E-state index in [1.54, 1.807) is 0 Å². The molecule has 0 saturated carbocycles. The number of nitrogens with zero attached hydrogens (tertiary/aromatic N) is 2. The average molecular weight is 1890 g/mol. The molecule has 2 aromatic heterocycles. The highest BCUT2D eigenvalue weighted by Crippen LogP contribution is 2.46. The maximum atomic E-state index is 6.43. The molecule has 0 unspecified atom stereocenters. The lowest BCUT2D eigenvalue weighted by molar-refractivity contribution is 0.668. The van der Waals surface area contributed by atoms with Gasteiger partial charge in [0.2, 0.25) is 0 Å². The Morgan fingerprint density at radius 2 is 0.223 bits per heavy atom. The number of furan rings is 2. The lowest BCUT2D eigenvalue weighted by Gasteiger charge is -2.26. The third-order valence-electron chi connectivity index (χ3n) is 28.7. The fourth-order valence-electron chi connectivity index (χ4n) is 20.7. The summed E-state index contributed by atoms with van der Waals surface area (Å²) in [4.78, 5) is 4.63. The molecule has 0 bridgehead atoms. The molecule has 0 amide bonds. The molecular formula is C144H98N2O2. The van der Waals surface area contributed by atoms with Crippen molar-refractivity contribution in [3.63, 3.8) is 0 Å². The van der Waals surface area contributed by atoms with Crippen LogP contribution in [-0.2, 0) is 0 Å². The SMILES string of the molecule is c1ccc(-c2ccc(-c3ccc(-c4cccc(-c5ccc(N(c6ccc(-c7ccc(-c8cccc(-c9ccc(-c%10ccccc%10)cc9)c8)cc7)cc6)c6ccc7c(c6)oc6ccccc67)cc5)c4)cc3)cc2)cc1.c1ccc(-c2ccc(-c3cccc(-c4ccc(-c5ccc(N(c6ccc(-c7ccc(-c8cccc(-c9ccc(-c%10ccccc%10)cc9)c8)cc7)cc6)c6ccc7c(c6)oc6ccccc67)cc5)cc4)c3)cc2)cc1. The predicted molar refractivity (Wildman–Crippen MR) is 624 cm³/mol. The van der Waals surface area contributed by atoms with Crippen LogP contribution in [0.1, 0.15) is 0 Å². The van der Waals surface area contributed by atoms with Gasteiger partial charge in [0.15, 0.2) is 0 Å². The van der Waals surface area contributed by atoms with Gasteiger partial charge in [0.05, 0.1) is 0 Å². The summed E-state index contributed by atoms with van der Waals surface area (Å²) in [6.07, 6.45) is 0. The fourth-order valence-corrected chi connectivity index (χ4v) is 20.7. The first-order valence-electron chi connectivity index (χ1n) is 50.6. The lowest BCUT2D eigenvalue weighted by Crippen LogP contribution is -2.09. The molecule has 26 aromatic rings. The number of rotatable bonds is 22. The van der Waals surface area contributed by atoms with Crippen LogP contribution in [-0.4, -0.2) is 0 Å². The van der Waals surface area contributed by atoms with E-state index >= 15 is 0 Å². The summed E-state index contributed by atoms with van der Waals surface area (Å²) in [5.74, 6) is 0. The monoisotopic (exact) mass is 1890 g/mol. The highest BCUT2D eigenvalue weighted by Gasteiger charge is 2.22. The minimum absolute atomic E-state index is 0.861. The average Bonchev–Trinajstić information content (AvgIpc) is 1.71.